The Hall–Kier alpha value is -2.70. The highest BCUT2D eigenvalue weighted by atomic mass is 32.2. The normalized spacial score (nSPS) is 19.3. The summed E-state index contributed by atoms with van der Waals surface area (Å²) in [6, 6.07) is 2.70. The zero-order valence-electron chi connectivity index (χ0n) is 16.0. The standard InChI is InChI=1S/C19H15F7N2O3S/c20-13-5-12(19(24,25)26)6-15(7-13)32(30,31)14-3-10(4-14)8-28-17(29)16-2-1-11(9-27-16)18(21,22)23/h1-2,5-7,9-10,14H,3-4,8H2,(H,28,29)/t10-,14-. The van der Waals surface area contributed by atoms with Crippen LogP contribution in [0.4, 0.5) is 30.7 Å². The molecule has 0 aliphatic heterocycles. The predicted octanol–water partition coefficient (Wildman–Crippen LogP) is 4.24. The van der Waals surface area contributed by atoms with E-state index >= 15 is 0 Å². The minimum absolute atomic E-state index is 0.00942. The van der Waals surface area contributed by atoms with Crippen LogP contribution in [0.5, 0.6) is 0 Å². The molecule has 1 aromatic carbocycles. The van der Waals surface area contributed by atoms with Crippen molar-refractivity contribution in [1.82, 2.24) is 10.3 Å². The second kappa shape index (κ2) is 8.34. The van der Waals surface area contributed by atoms with Gasteiger partial charge in [-0.1, -0.05) is 0 Å². The number of carbonyl (C=O) groups is 1. The smallest absolute Gasteiger partial charge is 0.350 e. The van der Waals surface area contributed by atoms with Crippen LogP contribution in [0.15, 0.2) is 41.4 Å². The van der Waals surface area contributed by atoms with Crippen molar-refractivity contribution < 1.29 is 43.9 Å². The largest absolute Gasteiger partial charge is 0.417 e. The van der Waals surface area contributed by atoms with Gasteiger partial charge in [0.2, 0.25) is 0 Å². The minimum atomic E-state index is -4.91. The first kappa shape index (κ1) is 24.0. The van der Waals surface area contributed by atoms with Gasteiger partial charge < -0.3 is 5.32 Å². The van der Waals surface area contributed by atoms with E-state index in [2.05, 4.69) is 10.3 Å². The fraction of sp³-hybridized carbons (Fsp3) is 0.368. The fourth-order valence-corrected chi connectivity index (χ4v) is 5.21. The number of pyridine rings is 1. The monoisotopic (exact) mass is 484 g/mol. The van der Waals surface area contributed by atoms with Crippen LogP contribution in [-0.2, 0) is 22.2 Å². The van der Waals surface area contributed by atoms with Gasteiger partial charge in [-0.3, -0.25) is 9.78 Å². The lowest BCUT2D eigenvalue weighted by molar-refractivity contribution is -0.138. The zero-order chi connectivity index (χ0) is 23.9. The van der Waals surface area contributed by atoms with Crippen molar-refractivity contribution >= 4 is 15.7 Å². The van der Waals surface area contributed by atoms with Crippen molar-refractivity contribution in [3.05, 3.63) is 59.2 Å². The molecule has 0 radical (unpaired) electrons. The average molecular weight is 484 g/mol. The molecule has 1 N–H and O–H groups in total. The van der Waals surface area contributed by atoms with E-state index < -0.39 is 55.2 Å². The molecule has 0 saturated heterocycles. The lowest BCUT2D eigenvalue weighted by Gasteiger charge is -2.35. The van der Waals surface area contributed by atoms with Gasteiger partial charge in [-0.05, 0) is 49.1 Å². The molecule has 1 aliphatic rings. The lowest BCUT2D eigenvalue weighted by atomic mass is 9.85. The fourth-order valence-electron chi connectivity index (χ4n) is 3.20. The molecule has 1 aliphatic carbocycles. The first-order chi connectivity index (χ1) is 14.7. The number of hydrogen-bond donors (Lipinski definition) is 1. The molecule has 174 valence electrons. The van der Waals surface area contributed by atoms with Crippen LogP contribution in [0.25, 0.3) is 0 Å². The summed E-state index contributed by atoms with van der Waals surface area (Å²) in [7, 11) is -4.22. The van der Waals surface area contributed by atoms with Gasteiger partial charge in [0.05, 0.1) is 21.3 Å². The number of nitrogens with one attached hydrogen (secondary N) is 1. The first-order valence-corrected chi connectivity index (χ1v) is 10.7. The second-order valence-corrected chi connectivity index (χ2v) is 9.55. The van der Waals surface area contributed by atoms with Crippen LogP contribution in [0, 0.1) is 11.7 Å². The molecular weight excluding hydrogens is 469 g/mol. The molecule has 1 amide bonds. The second-order valence-electron chi connectivity index (χ2n) is 7.32. The highest BCUT2D eigenvalue weighted by molar-refractivity contribution is 7.92. The van der Waals surface area contributed by atoms with E-state index in [9.17, 15) is 43.9 Å². The Morgan fingerprint density at radius 3 is 2.16 bits per heavy atom. The Morgan fingerprint density at radius 2 is 1.62 bits per heavy atom. The number of amides is 1. The van der Waals surface area contributed by atoms with Crippen molar-refractivity contribution in [1.29, 1.82) is 0 Å². The number of carbonyl (C=O) groups excluding carboxylic acids is 1. The summed E-state index contributed by atoms with van der Waals surface area (Å²) in [4.78, 5) is 14.7. The van der Waals surface area contributed by atoms with E-state index in [1.54, 1.807) is 0 Å². The number of aromatic nitrogens is 1. The molecule has 0 bridgehead atoms. The number of alkyl halides is 6. The Morgan fingerprint density at radius 1 is 1.00 bits per heavy atom. The topological polar surface area (TPSA) is 76.1 Å². The molecule has 1 heterocycles. The van der Waals surface area contributed by atoms with Crippen LogP contribution in [0.1, 0.15) is 34.5 Å². The van der Waals surface area contributed by atoms with Gasteiger partial charge in [0, 0.05) is 12.7 Å². The van der Waals surface area contributed by atoms with Crippen LogP contribution in [-0.4, -0.2) is 31.1 Å². The summed E-state index contributed by atoms with van der Waals surface area (Å²) < 4.78 is 115. The van der Waals surface area contributed by atoms with E-state index in [0.717, 1.165) is 6.07 Å². The van der Waals surface area contributed by atoms with E-state index in [0.29, 0.717) is 24.4 Å². The maximum absolute atomic E-state index is 13.5. The van der Waals surface area contributed by atoms with Gasteiger partial charge in [-0.25, -0.2) is 12.8 Å². The van der Waals surface area contributed by atoms with Gasteiger partial charge in [-0.2, -0.15) is 26.3 Å². The van der Waals surface area contributed by atoms with Crippen LogP contribution in [0.3, 0.4) is 0 Å². The van der Waals surface area contributed by atoms with Gasteiger partial charge in [0.25, 0.3) is 5.91 Å². The van der Waals surface area contributed by atoms with Crippen molar-refractivity contribution in [3.8, 4) is 0 Å². The molecule has 2 aromatic rings. The summed E-state index contributed by atoms with van der Waals surface area (Å²) in [5.41, 5.74) is -2.70. The molecule has 1 saturated carbocycles. The number of halogens is 7. The number of hydrogen-bond acceptors (Lipinski definition) is 4. The van der Waals surface area contributed by atoms with Gasteiger partial charge in [-0.15, -0.1) is 0 Å². The third kappa shape index (κ3) is 5.19. The third-order valence-electron chi connectivity index (χ3n) is 5.03. The summed E-state index contributed by atoms with van der Waals surface area (Å²) in [5.74, 6) is -2.42. The van der Waals surface area contributed by atoms with Crippen LogP contribution < -0.4 is 5.32 Å². The van der Waals surface area contributed by atoms with Crippen LogP contribution >= 0.6 is 0 Å². The van der Waals surface area contributed by atoms with E-state index in [-0.39, 0.29) is 37.1 Å². The summed E-state index contributed by atoms with van der Waals surface area (Å²) in [6.07, 6.45) is -8.97. The van der Waals surface area contributed by atoms with Crippen molar-refractivity contribution in [2.45, 2.75) is 35.3 Å². The molecular formula is C19H15F7N2O3S. The molecule has 0 unspecified atom stereocenters. The van der Waals surface area contributed by atoms with Gasteiger partial charge >= 0.3 is 12.4 Å². The van der Waals surface area contributed by atoms with Crippen molar-refractivity contribution in [3.63, 3.8) is 0 Å². The van der Waals surface area contributed by atoms with Crippen molar-refractivity contribution in [2.75, 3.05) is 6.54 Å². The molecule has 3 rings (SSSR count). The highest BCUT2D eigenvalue weighted by Gasteiger charge is 2.41. The van der Waals surface area contributed by atoms with E-state index in [4.69, 9.17) is 0 Å². The Bertz CT molecular complexity index is 1110. The van der Waals surface area contributed by atoms with Crippen molar-refractivity contribution in [2.24, 2.45) is 5.92 Å². The minimum Gasteiger partial charge on any atom is -0.350 e. The maximum Gasteiger partial charge on any atom is 0.417 e. The summed E-state index contributed by atoms with van der Waals surface area (Å²) in [6.45, 7) is -0.00942. The maximum atomic E-state index is 13.5. The zero-order valence-corrected chi connectivity index (χ0v) is 16.8. The molecule has 1 aromatic heterocycles. The number of rotatable bonds is 5. The first-order valence-electron chi connectivity index (χ1n) is 9.11. The molecule has 32 heavy (non-hydrogen) atoms. The quantitative estimate of drug-likeness (QED) is 0.645. The number of sulfone groups is 1. The Kier molecular flexibility index (Phi) is 6.24. The summed E-state index contributed by atoms with van der Waals surface area (Å²) >= 11 is 0. The van der Waals surface area contributed by atoms with E-state index in [1.807, 2.05) is 0 Å². The lowest BCUT2D eigenvalue weighted by Crippen LogP contribution is -2.42. The molecule has 0 spiro atoms. The molecule has 13 heteroatoms. The Balaban J connectivity index is 1.58. The SMILES string of the molecule is O=C(NC[C@H]1C[C@H](S(=O)(=O)c2cc(F)cc(C(F)(F)F)c2)C1)c1ccc(C(F)(F)F)cn1. The van der Waals surface area contributed by atoms with Gasteiger partial charge in [0.15, 0.2) is 9.84 Å². The highest BCUT2D eigenvalue weighted by Crippen LogP contribution is 2.38. The average Bonchev–Trinajstić information content (AvgIpc) is 2.64. The predicted molar refractivity (Wildman–Crippen MR) is 96.7 cm³/mol. The molecule has 1 fully saturated rings. The molecule has 5 nitrogen and oxygen atoms in total. The third-order valence-corrected chi connectivity index (χ3v) is 7.19. The van der Waals surface area contributed by atoms with Gasteiger partial charge in [0.1, 0.15) is 11.5 Å². The number of benzene rings is 1. The number of nitrogens with zero attached hydrogens (tertiary/aromatic N) is 1. The summed E-state index contributed by atoms with van der Waals surface area (Å²) in [5, 5.41) is 1.38. The van der Waals surface area contributed by atoms with Crippen LogP contribution in [0.2, 0.25) is 0 Å². The van der Waals surface area contributed by atoms with E-state index in [1.165, 1.54) is 0 Å². The molecule has 0 atom stereocenters. The Labute approximate surface area is 177 Å².